The third kappa shape index (κ3) is 1.25. The molecule has 2 saturated carbocycles. The molecule has 1 saturated heterocycles. The molecule has 1 aliphatic heterocycles. The summed E-state index contributed by atoms with van der Waals surface area (Å²) in [5.41, 5.74) is 0. The van der Waals surface area contributed by atoms with Gasteiger partial charge in [0.25, 0.3) is 0 Å². The Morgan fingerprint density at radius 1 is 1.08 bits per heavy atom. The minimum atomic E-state index is -2.74. The van der Waals surface area contributed by atoms with Crippen LogP contribution in [-0.4, -0.2) is 19.9 Å². The van der Waals surface area contributed by atoms with Crippen molar-refractivity contribution >= 4 is 19.7 Å². The van der Waals surface area contributed by atoms with E-state index in [0.29, 0.717) is 11.7 Å². The van der Waals surface area contributed by atoms with Gasteiger partial charge >= 0.3 is 0 Å². The van der Waals surface area contributed by atoms with E-state index in [0.717, 1.165) is 23.5 Å². The topological polar surface area (TPSA) is 34.1 Å². The molecule has 4 heteroatoms. The zero-order valence-corrected chi connectivity index (χ0v) is 9.11. The van der Waals surface area contributed by atoms with Crippen molar-refractivity contribution in [3.05, 3.63) is 0 Å². The van der Waals surface area contributed by atoms with Crippen LogP contribution >= 0.6 is 10.8 Å². The molecule has 0 amide bonds. The van der Waals surface area contributed by atoms with E-state index in [1.54, 1.807) is 0 Å². The molecule has 3 rings (SSSR count). The van der Waals surface area contributed by atoms with Gasteiger partial charge in [0.05, 0.1) is 5.75 Å². The van der Waals surface area contributed by atoms with Crippen molar-refractivity contribution in [1.82, 2.24) is 0 Å². The van der Waals surface area contributed by atoms with Crippen molar-refractivity contribution in [3.63, 3.8) is 0 Å². The van der Waals surface area contributed by atoms with Crippen LogP contribution in [0.15, 0.2) is 0 Å². The highest BCUT2D eigenvalue weighted by Gasteiger charge is 2.51. The Kier molecular flexibility index (Phi) is 1.76. The average Bonchev–Trinajstić information content (AvgIpc) is 2.61. The molecule has 3 fully saturated rings. The van der Waals surface area contributed by atoms with Gasteiger partial charge in [0.2, 0.25) is 8.87 Å². The highest BCUT2D eigenvalue weighted by Crippen LogP contribution is 2.56. The van der Waals surface area contributed by atoms with E-state index in [4.69, 9.17) is 0 Å². The largest absolute Gasteiger partial charge is 0.217 e. The van der Waals surface area contributed by atoms with E-state index in [1.165, 1.54) is 30.1 Å². The van der Waals surface area contributed by atoms with Crippen molar-refractivity contribution in [3.8, 4) is 0 Å². The lowest BCUT2D eigenvalue weighted by molar-refractivity contribution is 0.264. The third-order valence-corrected chi connectivity index (χ3v) is 7.68. The van der Waals surface area contributed by atoms with Gasteiger partial charge in [-0.1, -0.05) is 0 Å². The van der Waals surface area contributed by atoms with Gasteiger partial charge in [0.1, 0.15) is 0 Å². The molecule has 0 N–H and O–H groups in total. The lowest BCUT2D eigenvalue weighted by Gasteiger charge is -2.33. The molecular weight excluding hydrogens is 204 g/mol. The van der Waals surface area contributed by atoms with Crippen LogP contribution in [0.2, 0.25) is 0 Å². The molecule has 2 aliphatic carbocycles. The molecule has 2 bridgehead atoms. The average molecular weight is 218 g/mol. The van der Waals surface area contributed by atoms with Gasteiger partial charge in [-0.05, 0) is 53.7 Å². The fourth-order valence-corrected chi connectivity index (χ4v) is 7.34. The minimum Gasteiger partial charge on any atom is -0.217 e. The van der Waals surface area contributed by atoms with Crippen LogP contribution in [0, 0.1) is 23.7 Å². The Hall–Kier alpha value is 0.300. The van der Waals surface area contributed by atoms with Gasteiger partial charge in [-0.2, -0.15) is 0 Å². The molecule has 2 unspecified atom stereocenters. The van der Waals surface area contributed by atoms with Crippen LogP contribution in [0.4, 0.5) is 0 Å². The minimum absolute atomic E-state index is 0.476. The summed E-state index contributed by atoms with van der Waals surface area (Å²) in [6.45, 7) is 0. The second-order valence-corrected chi connectivity index (χ2v) is 8.92. The van der Waals surface area contributed by atoms with E-state index in [2.05, 4.69) is 0 Å². The Morgan fingerprint density at radius 3 is 2.54 bits per heavy atom. The van der Waals surface area contributed by atoms with E-state index >= 15 is 0 Å². The van der Waals surface area contributed by atoms with E-state index in [9.17, 15) is 8.42 Å². The van der Waals surface area contributed by atoms with Gasteiger partial charge in [0, 0.05) is 5.75 Å². The van der Waals surface area contributed by atoms with E-state index < -0.39 is 8.87 Å². The first-order valence-electron chi connectivity index (χ1n) is 5.03. The van der Waals surface area contributed by atoms with Crippen molar-refractivity contribution in [2.24, 2.45) is 23.7 Å². The molecule has 1 heterocycles. The standard InChI is InChI=1S/C9H14O2S2/c10-13(11)5-9-7-2-1-6(3-7)8(9)4-12-13/h6-9H,1-5H2/t6-,7+,8?,9?/m0/s1. The van der Waals surface area contributed by atoms with Crippen LogP contribution in [0.5, 0.6) is 0 Å². The second-order valence-electron chi connectivity index (χ2n) is 4.67. The summed E-state index contributed by atoms with van der Waals surface area (Å²) in [6, 6.07) is 0. The predicted molar refractivity (Wildman–Crippen MR) is 54.1 cm³/mol. The first kappa shape index (κ1) is 8.60. The first-order chi connectivity index (χ1) is 6.16. The highest BCUT2D eigenvalue weighted by atomic mass is 33.1. The zero-order valence-electron chi connectivity index (χ0n) is 7.48. The van der Waals surface area contributed by atoms with Crippen molar-refractivity contribution < 1.29 is 8.42 Å². The van der Waals surface area contributed by atoms with Gasteiger partial charge in [0.15, 0.2) is 0 Å². The molecule has 0 radical (unpaired) electrons. The van der Waals surface area contributed by atoms with Crippen molar-refractivity contribution in [2.75, 3.05) is 11.5 Å². The first-order valence-corrected chi connectivity index (χ1v) is 8.18. The maximum Gasteiger partial charge on any atom is 0.201 e. The van der Waals surface area contributed by atoms with Crippen LogP contribution in [0.3, 0.4) is 0 Å². The second kappa shape index (κ2) is 2.66. The van der Waals surface area contributed by atoms with Gasteiger partial charge in [-0.3, -0.25) is 0 Å². The molecule has 2 nitrogen and oxygen atoms in total. The Bertz CT molecular complexity index is 323. The predicted octanol–water partition coefficient (Wildman–Crippen LogP) is 1.73. The smallest absolute Gasteiger partial charge is 0.201 e. The Balaban J connectivity index is 1.89. The van der Waals surface area contributed by atoms with Crippen LogP contribution < -0.4 is 0 Å². The van der Waals surface area contributed by atoms with Gasteiger partial charge in [-0.25, -0.2) is 8.42 Å². The summed E-state index contributed by atoms with van der Waals surface area (Å²) < 4.78 is 22.9. The molecule has 0 aromatic heterocycles. The quantitative estimate of drug-likeness (QED) is 0.581. The van der Waals surface area contributed by atoms with Crippen molar-refractivity contribution in [1.29, 1.82) is 0 Å². The maximum atomic E-state index is 11.4. The van der Waals surface area contributed by atoms with Crippen LogP contribution in [-0.2, 0) is 8.87 Å². The molecular formula is C9H14O2S2. The molecule has 3 aliphatic rings. The summed E-state index contributed by atoms with van der Waals surface area (Å²) in [5.74, 6) is 4.26. The number of rotatable bonds is 0. The number of hydrogen-bond donors (Lipinski definition) is 0. The van der Waals surface area contributed by atoms with E-state index in [1.807, 2.05) is 0 Å². The monoisotopic (exact) mass is 218 g/mol. The Labute approximate surface area is 82.8 Å². The fraction of sp³-hybridized carbons (Fsp3) is 1.00. The number of fused-ring (bicyclic) bond motifs is 5. The van der Waals surface area contributed by atoms with E-state index in [-0.39, 0.29) is 0 Å². The van der Waals surface area contributed by atoms with Gasteiger partial charge in [-0.15, -0.1) is 0 Å². The lowest BCUT2D eigenvalue weighted by Crippen LogP contribution is -2.34. The molecule has 4 atom stereocenters. The summed E-state index contributed by atoms with van der Waals surface area (Å²) >= 11 is 0. The number of hydrogen-bond acceptors (Lipinski definition) is 3. The summed E-state index contributed by atoms with van der Waals surface area (Å²) in [4.78, 5) is 0. The Morgan fingerprint density at radius 2 is 1.77 bits per heavy atom. The van der Waals surface area contributed by atoms with Crippen molar-refractivity contribution in [2.45, 2.75) is 19.3 Å². The summed E-state index contributed by atoms with van der Waals surface area (Å²) in [7, 11) is -1.53. The SMILES string of the molecule is O=S1(=O)CC2C(CS1)[C@H]1CC[C@@H]2C1. The molecule has 13 heavy (non-hydrogen) atoms. The summed E-state index contributed by atoms with van der Waals surface area (Å²) in [6.07, 6.45) is 3.99. The molecule has 0 spiro atoms. The summed E-state index contributed by atoms with van der Waals surface area (Å²) in [5, 5.41) is 0. The lowest BCUT2D eigenvalue weighted by atomic mass is 9.81. The molecule has 0 aromatic carbocycles. The van der Waals surface area contributed by atoms with Crippen LogP contribution in [0.25, 0.3) is 0 Å². The zero-order chi connectivity index (χ0) is 9.05. The molecule has 0 aromatic rings. The van der Waals surface area contributed by atoms with Gasteiger partial charge < -0.3 is 0 Å². The maximum absolute atomic E-state index is 11.4. The highest BCUT2D eigenvalue weighted by molar-refractivity contribution is 8.72. The third-order valence-electron chi connectivity index (χ3n) is 4.11. The molecule has 74 valence electrons. The fourth-order valence-electron chi connectivity index (χ4n) is 3.52. The van der Waals surface area contributed by atoms with Crippen LogP contribution in [0.1, 0.15) is 19.3 Å². The normalized spacial score (nSPS) is 52.0.